The van der Waals surface area contributed by atoms with Crippen LogP contribution in [0.2, 0.25) is 0 Å². The number of hydrogen-bond acceptors (Lipinski definition) is 15. The molecule has 0 saturated carbocycles. The molecule has 0 rings (SSSR count). The molecular formula is C81H158O17P2. The lowest BCUT2D eigenvalue weighted by atomic mass is 9.99. The number of unbranched alkanes of at least 4 members (excludes halogenated alkanes) is 49. The minimum Gasteiger partial charge on any atom is -0.462 e. The van der Waals surface area contributed by atoms with Crippen molar-refractivity contribution in [2.75, 3.05) is 39.6 Å². The Balaban J connectivity index is 5.27. The number of rotatable bonds is 80. The van der Waals surface area contributed by atoms with Gasteiger partial charge in [-0.05, 0) is 37.5 Å². The van der Waals surface area contributed by atoms with Gasteiger partial charge in [0.05, 0.1) is 26.4 Å². The molecule has 3 unspecified atom stereocenters. The Hall–Kier alpha value is -1.94. The summed E-state index contributed by atoms with van der Waals surface area (Å²) in [5, 5.41) is 10.6. The molecule has 0 spiro atoms. The van der Waals surface area contributed by atoms with Gasteiger partial charge >= 0.3 is 39.5 Å². The minimum atomic E-state index is -4.96. The Bertz CT molecular complexity index is 1930. The Morgan fingerprint density at radius 3 is 0.760 bits per heavy atom. The van der Waals surface area contributed by atoms with E-state index in [1.165, 1.54) is 244 Å². The van der Waals surface area contributed by atoms with Crippen LogP contribution in [0.3, 0.4) is 0 Å². The molecule has 594 valence electrons. The second-order valence-corrected chi connectivity index (χ2v) is 32.8. The van der Waals surface area contributed by atoms with Crippen molar-refractivity contribution in [1.82, 2.24) is 0 Å². The van der Waals surface area contributed by atoms with Gasteiger partial charge in [-0.25, -0.2) is 9.13 Å². The molecular weight excluding hydrogens is 1310 g/mol. The summed E-state index contributed by atoms with van der Waals surface area (Å²) in [7, 11) is -9.92. The molecule has 0 aliphatic carbocycles. The fraction of sp³-hybridized carbons (Fsp3) is 0.951. The van der Waals surface area contributed by atoms with Crippen molar-refractivity contribution in [2.24, 2.45) is 11.8 Å². The molecule has 0 aliphatic rings. The third-order valence-corrected chi connectivity index (χ3v) is 21.2. The summed E-state index contributed by atoms with van der Waals surface area (Å²) in [6.45, 7) is 9.66. The molecule has 0 aromatic heterocycles. The molecule has 0 fully saturated rings. The van der Waals surface area contributed by atoms with E-state index in [9.17, 15) is 43.2 Å². The number of phosphoric acid groups is 2. The van der Waals surface area contributed by atoms with Crippen molar-refractivity contribution >= 4 is 39.5 Å². The van der Waals surface area contributed by atoms with Gasteiger partial charge in [0.1, 0.15) is 19.3 Å². The molecule has 0 heterocycles. The summed E-state index contributed by atoms with van der Waals surface area (Å²) in [5.74, 6) is -0.545. The largest absolute Gasteiger partial charge is 0.472 e. The molecule has 0 aromatic rings. The lowest BCUT2D eigenvalue weighted by Crippen LogP contribution is -2.30. The zero-order valence-corrected chi connectivity index (χ0v) is 67.3. The van der Waals surface area contributed by atoms with Gasteiger partial charge in [-0.15, -0.1) is 0 Å². The van der Waals surface area contributed by atoms with Crippen LogP contribution >= 0.6 is 15.6 Å². The predicted molar refractivity (Wildman–Crippen MR) is 409 cm³/mol. The Kier molecular flexibility index (Phi) is 71.2. The lowest BCUT2D eigenvalue weighted by molar-refractivity contribution is -0.161. The standard InChI is InChI=1S/C81H158O17P2/c1-7-10-12-14-16-18-20-22-24-25-26-28-30-32-41-47-53-59-65-80(85)97-76(69-91-78(83)63-57-51-45-39-31-29-27-23-21-19-17-15-13-11-8-2)71-95-99(87,88)93-67-75(82)68-94-100(89,90)96-72-77(70-92-79(84)64-58-52-46-40-35-33-37-43-49-55-61-73(4)5)98-81(86)66-60-54-48-42-36-34-38-44-50-56-62-74(6)9-3/h73-77,82H,7-72H2,1-6H3,(H,87,88)(H,89,90)/t74?,75-,76-,77-/m1/s1. The van der Waals surface area contributed by atoms with Gasteiger partial charge in [-0.1, -0.05) is 375 Å². The van der Waals surface area contributed by atoms with E-state index < -0.39 is 97.5 Å². The second-order valence-electron chi connectivity index (χ2n) is 29.9. The van der Waals surface area contributed by atoms with E-state index in [-0.39, 0.29) is 25.7 Å². The molecule has 0 saturated heterocycles. The van der Waals surface area contributed by atoms with Crippen LogP contribution in [0.4, 0.5) is 0 Å². The zero-order chi connectivity index (χ0) is 73.5. The van der Waals surface area contributed by atoms with Crippen molar-refractivity contribution in [3.05, 3.63) is 0 Å². The van der Waals surface area contributed by atoms with E-state index in [4.69, 9.17) is 37.0 Å². The first kappa shape index (κ1) is 98.1. The quantitative estimate of drug-likeness (QED) is 0.0222. The molecule has 0 aromatic carbocycles. The van der Waals surface area contributed by atoms with Crippen molar-refractivity contribution in [3.8, 4) is 0 Å². The molecule has 100 heavy (non-hydrogen) atoms. The average Bonchev–Trinajstić information content (AvgIpc) is 0.933. The molecule has 0 amide bonds. The minimum absolute atomic E-state index is 0.106. The molecule has 0 radical (unpaired) electrons. The maximum atomic E-state index is 13.1. The number of aliphatic hydroxyl groups excluding tert-OH is 1. The number of esters is 4. The number of carbonyl (C=O) groups excluding carboxylic acids is 4. The average molecular weight is 1470 g/mol. The van der Waals surface area contributed by atoms with E-state index in [2.05, 4.69) is 41.5 Å². The van der Waals surface area contributed by atoms with Crippen LogP contribution in [-0.4, -0.2) is 96.7 Å². The van der Waals surface area contributed by atoms with Gasteiger partial charge in [-0.2, -0.15) is 0 Å². The smallest absolute Gasteiger partial charge is 0.462 e. The van der Waals surface area contributed by atoms with E-state index >= 15 is 0 Å². The molecule has 6 atom stereocenters. The highest BCUT2D eigenvalue weighted by Gasteiger charge is 2.30. The lowest BCUT2D eigenvalue weighted by Gasteiger charge is -2.21. The Morgan fingerprint density at radius 1 is 0.290 bits per heavy atom. The van der Waals surface area contributed by atoms with Crippen LogP contribution in [0.25, 0.3) is 0 Å². The van der Waals surface area contributed by atoms with Crippen molar-refractivity contribution in [2.45, 2.75) is 445 Å². The molecule has 0 aliphatic heterocycles. The number of hydrogen-bond donors (Lipinski definition) is 3. The van der Waals surface area contributed by atoms with E-state index in [1.54, 1.807) is 0 Å². The first-order valence-corrected chi connectivity index (χ1v) is 45.0. The van der Waals surface area contributed by atoms with Crippen molar-refractivity contribution < 1.29 is 80.2 Å². The Labute approximate surface area is 613 Å². The van der Waals surface area contributed by atoms with E-state index in [1.807, 2.05) is 0 Å². The first-order valence-electron chi connectivity index (χ1n) is 42.0. The fourth-order valence-corrected chi connectivity index (χ4v) is 14.1. The highest BCUT2D eigenvalue weighted by Crippen LogP contribution is 2.45. The maximum Gasteiger partial charge on any atom is 0.472 e. The van der Waals surface area contributed by atoms with Gasteiger partial charge in [0.25, 0.3) is 0 Å². The molecule has 17 nitrogen and oxygen atoms in total. The number of phosphoric ester groups is 2. The summed E-state index contributed by atoms with van der Waals surface area (Å²) in [6.07, 6.45) is 62.3. The Morgan fingerprint density at radius 2 is 0.510 bits per heavy atom. The van der Waals surface area contributed by atoms with Crippen LogP contribution in [-0.2, 0) is 65.4 Å². The summed E-state index contributed by atoms with van der Waals surface area (Å²) in [6, 6.07) is 0. The van der Waals surface area contributed by atoms with Crippen LogP contribution < -0.4 is 0 Å². The SMILES string of the molecule is CCCCCCCCCCCCCCCCCCCCC(=O)O[C@H](COC(=O)CCCCCCCCCCCCCCCCC)COP(=O)(O)OC[C@@H](O)COP(=O)(O)OC[C@@H](COC(=O)CCCCCCCCCCCCC(C)C)OC(=O)CCCCCCCCCCCCC(C)CC. The third-order valence-electron chi connectivity index (χ3n) is 19.3. The van der Waals surface area contributed by atoms with Gasteiger partial charge < -0.3 is 33.8 Å². The van der Waals surface area contributed by atoms with Gasteiger partial charge in [0.2, 0.25) is 0 Å². The van der Waals surface area contributed by atoms with E-state index in [0.29, 0.717) is 25.7 Å². The molecule has 19 heteroatoms. The molecule has 0 bridgehead atoms. The van der Waals surface area contributed by atoms with Crippen LogP contribution in [0.15, 0.2) is 0 Å². The normalized spacial score (nSPS) is 14.2. The summed E-state index contributed by atoms with van der Waals surface area (Å²) in [4.78, 5) is 73.1. The van der Waals surface area contributed by atoms with Gasteiger partial charge in [0.15, 0.2) is 12.2 Å². The van der Waals surface area contributed by atoms with Crippen LogP contribution in [0, 0.1) is 11.8 Å². The summed E-state index contributed by atoms with van der Waals surface area (Å²) < 4.78 is 68.8. The van der Waals surface area contributed by atoms with Crippen molar-refractivity contribution in [1.29, 1.82) is 0 Å². The van der Waals surface area contributed by atoms with E-state index in [0.717, 1.165) is 102 Å². The van der Waals surface area contributed by atoms with Crippen LogP contribution in [0.1, 0.15) is 427 Å². The predicted octanol–water partition coefficient (Wildman–Crippen LogP) is 24.3. The monoisotopic (exact) mass is 1470 g/mol. The topological polar surface area (TPSA) is 237 Å². The first-order chi connectivity index (χ1) is 48.4. The number of ether oxygens (including phenoxy) is 4. The number of carbonyl (C=O) groups is 4. The highest BCUT2D eigenvalue weighted by molar-refractivity contribution is 7.47. The van der Waals surface area contributed by atoms with Gasteiger partial charge in [0, 0.05) is 25.7 Å². The zero-order valence-electron chi connectivity index (χ0n) is 65.5. The summed E-state index contributed by atoms with van der Waals surface area (Å²) in [5.41, 5.74) is 0. The number of aliphatic hydroxyl groups is 1. The second kappa shape index (κ2) is 72.6. The molecule has 3 N–H and O–H groups in total. The maximum absolute atomic E-state index is 13.1. The van der Waals surface area contributed by atoms with Crippen LogP contribution in [0.5, 0.6) is 0 Å². The summed E-state index contributed by atoms with van der Waals surface area (Å²) >= 11 is 0. The van der Waals surface area contributed by atoms with Crippen molar-refractivity contribution in [3.63, 3.8) is 0 Å². The highest BCUT2D eigenvalue weighted by atomic mass is 31.2. The third kappa shape index (κ3) is 73.0. The van der Waals surface area contributed by atoms with Gasteiger partial charge in [-0.3, -0.25) is 37.3 Å². The fourth-order valence-electron chi connectivity index (χ4n) is 12.5.